The number of halogens is 2. The fourth-order valence-electron chi connectivity index (χ4n) is 2.87. The van der Waals surface area contributed by atoms with Crippen LogP contribution in [0.1, 0.15) is 27.7 Å². The zero-order valence-corrected chi connectivity index (χ0v) is 15.0. The molecule has 7 heteroatoms. The van der Waals surface area contributed by atoms with Crippen molar-refractivity contribution in [1.29, 1.82) is 0 Å². The monoisotopic (exact) mass is 384 g/mol. The molecule has 0 saturated carbocycles. The van der Waals surface area contributed by atoms with Gasteiger partial charge in [0.05, 0.1) is 28.4 Å². The fraction of sp³-hybridized carbons (Fsp3) is 0.0526. The number of benzene rings is 2. The number of carbonyl (C=O) groups is 1. The number of aromatic nitrogens is 3. The van der Waals surface area contributed by atoms with E-state index in [0.717, 1.165) is 22.2 Å². The van der Waals surface area contributed by atoms with E-state index in [2.05, 4.69) is 20.3 Å². The van der Waals surface area contributed by atoms with Gasteiger partial charge in [-0.05, 0) is 29.3 Å². The molecule has 0 aliphatic rings. The van der Waals surface area contributed by atoms with Crippen molar-refractivity contribution in [2.45, 2.75) is 6.04 Å². The van der Waals surface area contributed by atoms with E-state index in [-0.39, 0.29) is 17.1 Å². The number of rotatable bonds is 4. The molecule has 1 amide bonds. The number of fused-ring (bicyclic) bond motifs is 1. The predicted octanol–water partition coefficient (Wildman–Crippen LogP) is 4.72. The van der Waals surface area contributed by atoms with Gasteiger partial charge in [-0.2, -0.15) is 0 Å². The van der Waals surface area contributed by atoms with Gasteiger partial charge in [-0.1, -0.05) is 59.6 Å². The second kappa shape index (κ2) is 6.86. The molecule has 0 bridgehead atoms. The van der Waals surface area contributed by atoms with Gasteiger partial charge in [0.25, 0.3) is 5.91 Å². The second-order valence-corrected chi connectivity index (χ2v) is 6.63. The van der Waals surface area contributed by atoms with Crippen molar-refractivity contribution in [3.63, 3.8) is 0 Å². The van der Waals surface area contributed by atoms with Crippen LogP contribution >= 0.6 is 23.2 Å². The van der Waals surface area contributed by atoms with Crippen LogP contribution in [0.2, 0.25) is 10.2 Å². The summed E-state index contributed by atoms with van der Waals surface area (Å²) in [5.41, 5.74) is 3.98. The summed E-state index contributed by atoms with van der Waals surface area (Å²) in [6.07, 6.45) is 1.65. The first-order chi connectivity index (χ1) is 12.6. The molecule has 2 aromatic heterocycles. The van der Waals surface area contributed by atoms with Crippen LogP contribution in [0, 0.1) is 0 Å². The number of hydrogen-bond donors (Lipinski definition) is 3. The van der Waals surface area contributed by atoms with Gasteiger partial charge in [0, 0.05) is 0 Å². The Hall–Kier alpha value is -2.76. The maximum atomic E-state index is 12.7. The quantitative estimate of drug-likeness (QED) is 0.476. The summed E-state index contributed by atoms with van der Waals surface area (Å²) in [7, 11) is 0. The minimum atomic E-state index is -0.336. The first-order valence-corrected chi connectivity index (χ1v) is 8.70. The molecule has 0 aliphatic heterocycles. The minimum absolute atomic E-state index is 0.243. The summed E-state index contributed by atoms with van der Waals surface area (Å²) in [5.74, 6) is -0.294. The lowest BCUT2D eigenvalue weighted by Crippen LogP contribution is -2.29. The van der Waals surface area contributed by atoms with Crippen LogP contribution in [-0.2, 0) is 0 Å². The summed E-state index contributed by atoms with van der Waals surface area (Å²) in [6.45, 7) is 0. The van der Waals surface area contributed by atoms with E-state index in [1.54, 1.807) is 6.33 Å². The summed E-state index contributed by atoms with van der Waals surface area (Å²) in [4.78, 5) is 22.8. The molecule has 0 radical (unpaired) electrons. The average Bonchev–Trinajstić information content (AvgIpc) is 3.26. The molecule has 1 atom stereocenters. The largest absolute Gasteiger partial charge is 0.345 e. The van der Waals surface area contributed by atoms with Crippen molar-refractivity contribution in [3.05, 3.63) is 87.9 Å². The molecule has 5 nitrogen and oxygen atoms in total. The Morgan fingerprint density at radius 3 is 2.58 bits per heavy atom. The second-order valence-electron chi connectivity index (χ2n) is 5.84. The smallest absolute Gasteiger partial charge is 0.268 e. The number of nitrogens with one attached hydrogen (secondary N) is 3. The fourth-order valence-corrected chi connectivity index (χ4v) is 3.19. The summed E-state index contributed by atoms with van der Waals surface area (Å²) < 4.78 is 0. The Bertz CT molecular complexity index is 1050. The predicted molar refractivity (Wildman–Crippen MR) is 103 cm³/mol. The Labute approximate surface area is 159 Å². The molecule has 130 valence electrons. The van der Waals surface area contributed by atoms with Gasteiger partial charge in [-0.15, -0.1) is 0 Å². The molecule has 4 rings (SSSR count). The van der Waals surface area contributed by atoms with E-state index in [9.17, 15) is 4.79 Å². The molecule has 26 heavy (non-hydrogen) atoms. The molecule has 4 aromatic rings. The lowest BCUT2D eigenvalue weighted by atomic mass is 9.98. The minimum Gasteiger partial charge on any atom is -0.345 e. The highest BCUT2D eigenvalue weighted by Crippen LogP contribution is 2.26. The summed E-state index contributed by atoms with van der Waals surface area (Å²) >= 11 is 11.9. The van der Waals surface area contributed by atoms with E-state index in [4.69, 9.17) is 23.2 Å². The lowest BCUT2D eigenvalue weighted by Gasteiger charge is -2.19. The van der Waals surface area contributed by atoms with Crippen molar-refractivity contribution in [1.82, 2.24) is 20.3 Å². The maximum absolute atomic E-state index is 12.7. The highest BCUT2D eigenvalue weighted by Gasteiger charge is 2.20. The molecule has 0 spiro atoms. The van der Waals surface area contributed by atoms with Crippen LogP contribution in [0.15, 0.2) is 60.9 Å². The Morgan fingerprint density at radius 1 is 1.04 bits per heavy atom. The summed E-state index contributed by atoms with van der Waals surface area (Å²) in [5, 5.41) is 3.60. The molecule has 1 unspecified atom stereocenters. The summed E-state index contributed by atoms with van der Waals surface area (Å²) in [6, 6.07) is 16.8. The topological polar surface area (TPSA) is 73.6 Å². The first kappa shape index (κ1) is 16.7. The standard InChI is InChI=1S/C19H14Cl2N4O/c20-13-9-16(24-18(13)21)19(26)25-17(11-4-2-1-3-5-11)12-6-7-14-15(8-12)23-10-22-14/h1-10,17,24H,(H,22,23)(H,25,26). The molecule has 2 heterocycles. The number of nitrogens with zero attached hydrogens (tertiary/aromatic N) is 1. The van der Waals surface area contributed by atoms with E-state index in [1.165, 1.54) is 6.07 Å². The molecule has 0 saturated heterocycles. The zero-order chi connectivity index (χ0) is 18.1. The van der Waals surface area contributed by atoms with Crippen LogP contribution in [-0.4, -0.2) is 20.9 Å². The van der Waals surface area contributed by atoms with Crippen molar-refractivity contribution in [3.8, 4) is 0 Å². The van der Waals surface area contributed by atoms with Crippen LogP contribution in [0.25, 0.3) is 11.0 Å². The number of imidazole rings is 1. The lowest BCUT2D eigenvalue weighted by molar-refractivity contribution is 0.0938. The molecular formula is C19H14Cl2N4O. The zero-order valence-electron chi connectivity index (χ0n) is 13.5. The Kier molecular flexibility index (Phi) is 4.41. The Morgan fingerprint density at radius 2 is 1.85 bits per heavy atom. The highest BCUT2D eigenvalue weighted by atomic mass is 35.5. The molecule has 0 fully saturated rings. The van der Waals surface area contributed by atoms with E-state index in [1.807, 2.05) is 48.5 Å². The van der Waals surface area contributed by atoms with Crippen LogP contribution in [0.4, 0.5) is 0 Å². The normalized spacial score (nSPS) is 12.2. The average molecular weight is 385 g/mol. The third kappa shape index (κ3) is 3.19. The van der Waals surface area contributed by atoms with Gasteiger partial charge in [-0.3, -0.25) is 4.79 Å². The molecule has 2 aromatic carbocycles. The van der Waals surface area contributed by atoms with Crippen molar-refractivity contribution < 1.29 is 4.79 Å². The number of carbonyl (C=O) groups excluding carboxylic acids is 1. The van der Waals surface area contributed by atoms with E-state index < -0.39 is 0 Å². The van der Waals surface area contributed by atoms with Gasteiger partial charge >= 0.3 is 0 Å². The molecular weight excluding hydrogens is 371 g/mol. The van der Waals surface area contributed by atoms with Gasteiger partial charge in [-0.25, -0.2) is 4.98 Å². The number of hydrogen-bond acceptors (Lipinski definition) is 2. The van der Waals surface area contributed by atoms with E-state index in [0.29, 0.717) is 10.7 Å². The van der Waals surface area contributed by atoms with Crippen LogP contribution < -0.4 is 5.32 Å². The number of aromatic amines is 2. The van der Waals surface area contributed by atoms with Gasteiger partial charge < -0.3 is 15.3 Å². The van der Waals surface area contributed by atoms with E-state index >= 15 is 0 Å². The maximum Gasteiger partial charge on any atom is 0.268 e. The SMILES string of the molecule is O=C(NC(c1ccccc1)c1ccc2nc[nH]c2c1)c1cc(Cl)c(Cl)[nH]1. The molecule has 0 aliphatic carbocycles. The van der Waals surface area contributed by atoms with Gasteiger partial charge in [0.1, 0.15) is 10.8 Å². The first-order valence-electron chi connectivity index (χ1n) is 7.94. The van der Waals surface area contributed by atoms with Crippen LogP contribution in [0.3, 0.4) is 0 Å². The Balaban J connectivity index is 1.72. The third-order valence-electron chi connectivity index (χ3n) is 4.16. The van der Waals surface area contributed by atoms with Crippen molar-refractivity contribution in [2.24, 2.45) is 0 Å². The van der Waals surface area contributed by atoms with Crippen LogP contribution in [0.5, 0.6) is 0 Å². The van der Waals surface area contributed by atoms with Gasteiger partial charge in [0.15, 0.2) is 0 Å². The van der Waals surface area contributed by atoms with Crippen molar-refractivity contribution >= 4 is 40.1 Å². The molecule has 3 N–H and O–H groups in total. The highest BCUT2D eigenvalue weighted by molar-refractivity contribution is 6.41. The van der Waals surface area contributed by atoms with Crippen molar-refractivity contribution in [2.75, 3.05) is 0 Å². The number of H-pyrrole nitrogens is 2. The number of amides is 1. The van der Waals surface area contributed by atoms with Gasteiger partial charge in [0.2, 0.25) is 0 Å². The third-order valence-corrected chi connectivity index (χ3v) is 4.85.